The Kier molecular flexibility index (Phi) is 6.09. The van der Waals surface area contributed by atoms with E-state index >= 15 is 0 Å². The molecule has 0 spiro atoms. The molecule has 1 fully saturated rings. The maximum absolute atomic E-state index is 12.7. The highest BCUT2D eigenvalue weighted by Crippen LogP contribution is 2.18. The van der Waals surface area contributed by atoms with Gasteiger partial charge in [0.25, 0.3) is 0 Å². The number of sulfonamides is 1. The summed E-state index contributed by atoms with van der Waals surface area (Å²) in [6.07, 6.45) is 0. The molecule has 146 valence electrons. The topological polar surface area (TPSA) is 93.5 Å². The Labute approximate surface area is 165 Å². The van der Waals surface area contributed by atoms with E-state index in [4.69, 9.17) is 5.26 Å². The molecule has 0 bridgehead atoms. The Balaban J connectivity index is 1.58. The highest BCUT2D eigenvalue weighted by molar-refractivity contribution is 7.89. The minimum absolute atomic E-state index is 0.163. The van der Waals surface area contributed by atoms with Crippen molar-refractivity contribution in [1.82, 2.24) is 9.21 Å². The third kappa shape index (κ3) is 4.39. The van der Waals surface area contributed by atoms with E-state index in [0.29, 0.717) is 37.4 Å². The van der Waals surface area contributed by atoms with Crippen LogP contribution in [0.2, 0.25) is 0 Å². The lowest BCUT2D eigenvalue weighted by atomic mass is 10.2. The quantitative estimate of drug-likeness (QED) is 0.830. The molecule has 8 heteroatoms. The van der Waals surface area contributed by atoms with Gasteiger partial charge in [0.2, 0.25) is 15.9 Å². The number of hydrogen-bond acceptors (Lipinski definition) is 5. The lowest BCUT2D eigenvalue weighted by molar-refractivity contribution is -0.121. The number of nitrogens with one attached hydrogen (secondary N) is 1. The summed E-state index contributed by atoms with van der Waals surface area (Å²) < 4.78 is 26.9. The van der Waals surface area contributed by atoms with Gasteiger partial charge in [-0.2, -0.15) is 9.57 Å². The summed E-state index contributed by atoms with van der Waals surface area (Å²) in [7, 11) is -3.51. The van der Waals surface area contributed by atoms with E-state index in [2.05, 4.69) is 5.32 Å². The van der Waals surface area contributed by atoms with Crippen LogP contribution in [0.4, 0.5) is 5.69 Å². The Morgan fingerprint density at radius 3 is 2.21 bits per heavy atom. The molecule has 7 nitrogen and oxygen atoms in total. The van der Waals surface area contributed by atoms with Gasteiger partial charge in [-0.05, 0) is 43.3 Å². The maximum atomic E-state index is 12.7. The fourth-order valence-electron chi connectivity index (χ4n) is 3.11. The van der Waals surface area contributed by atoms with Gasteiger partial charge in [-0.15, -0.1) is 0 Å². The van der Waals surface area contributed by atoms with Crippen LogP contribution in [0.1, 0.15) is 12.5 Å². The molecule has 0 saturated carbocycles. The number of carbonyl (C=O) groups excluding carboxylic acids is 1. The zero-order chi connectivity index (χ0) is 20.1. The Morgan fingerprint density at radius 1 is 1.04 bits per heavy atom. The first-order valence-electron chi connectivity index (χ1n) is 9.02. The first kappa shape index (κ1) is 20.0. The summed E-state index contributed by atoms with van der Waals surface area (Å²) in [5, 5.41) is 11.7. The lowest BCUT2D eigenvalue weighted by Gasteiger charge is -2.36. The number of carbonyl (C=O) groups is 1. The van der Waals surface area contributed by atoms with Crippen molar-refractivity contribution in [3.63, 3.8) is 0 Å². The number of piperazine rings is 1. The zero-order valence-electron chi connectivity index (χ0n) is 15.6. The van der Waals surface area contributed by atoms with Crippen molar-refractivity contribution in [1.29, 1.82) is 5.26 Å². The van der Waals surface area contributed by atoms with E-state index in [9.17, 15) is 13.2 Å². The number of nitriles is 1. The fourth-order valence-corrected chi connectivity index (χ4v) is 4.56. The Morgan fingerprint density at radius 2 is 1.64 bits per heavy atom. The normalized spacial score (nSPS) is 16.9. The molecule has 2 aromatic carbocycles. The molecule has 2 aromatic rings. The highest BCUT2D eigenvalue weighted by atomic mass is 32.2. The second-order valence-corrected chi connectivity index (χ2v) is 8.55. The highest BCUT2D eigenvalue weighted by Gasteiger charge is 2.31. The largest absolute Gasteiger partial charge is 0.325 e. The van der Waals surface area contributed by atoms with Crippen molar-refractivity contribution in [3.05, 3.63) is 60.2 Å². The third-order valence-corrected chi connectivity index (χ3v) is 6.78. The second-order valence-electron chi connectivity index (χ2n) is 6.61. The van der Waals surface area contributed by atoms with Crippen molar-refractivity contribution in [2.45, 2.75) is 17.9 Å². The van der Waals surface area contributed by atoms with Crippen LogP contribution in [0.3, 0.4) is 0 Å². The summed E-state index contributed by atoms with van der Waals surface area (Å²) in [6, 6.07) is 16.7. The van der Waals surface area contributed by atoms with Crippen molar-refractivity contribution >= 4 is 21.6 Å². The van der Waals surface area contributed by atoms with Gasteiger partial charge in [0, 0.05) is 31.9 Å². The molecule has 0 unspecified atom stereocenters. The molecule has 1 heterocycles. The molecule has 1 N–H and O–H groups in total. The summed E-state index contributed by atoms with van der Waals surface area (Å²) in [6.45, 7) is 3.44. The number of rotatable bonds is 5. The van der Waals surface area contributed by atoms with Gasteiger partial charge in [-0.25, -0.2) is 8.42 Å². The van der Waals surface area contributed by atoms with E-state index in [1.165, 1.54) is 4.31 Å². The smallest absolute Gasteiger partial charge is 0.243 e. The van der Waals surface area contributed by atoms with Crippen molar-refractivity contribution in [3.8, 4) is 6.07 Å². The first-order chi connectivity index (χ1) is 13.4. The van der Waals surface area contributed by atoms with E-state index in [-0.39, 0.29) is 10.8 Å². The minimum Gasteiger partial charge on any atom is -0.325 e. The van der Waals surface area contributed by atoms with Gasteiger partial charge < -0.3 is 5.32 Å². The molecule has 1 aliphatic heterocycles. The minimum atomic E-state index is -3.51. The summed E-state index contributed by atoms with van der Waals surface area (Å²) >= 11 is 0. The van der Waals surface area contributed by atoms with Gasteiger partial charge in [0.05, 0.1) is 22.6 Å². The predicted octanol–water partition coefficient (Wildman–Crippen LogP) is 1.89. The van der Waals surface area contributed by atoms with Gasteiger partial charge in [-0.3, -0.25) is 9.69 Å². The molecule has 28 heavy (non-hydrogen) atoms. The number of amides is 1. The molecule has 0 aliphatic carbocycles. The number of benzene rings is 2. The van der Waals surface area contributed by atoms with Crippen molar-refractivity contribution < 1.29 is 13.2 Å². The Hall–Kier alpha value is -2.73. The van der Waals surface area contributed by atoms with E-state index in [0.717, 1.165) is 0 Å². The third-order valence-electron chi connectivity index (χ3n) is 4.86. The van der Waals surface area contributed by atoms with Crippen molar-refractivity contribution in [2.24, 2.45) is 0 Å². The average Bonchev–Trinajstić information content (AvgIpc) is 2.74. The number of nitrogens with zero attached hydrogens (tertiary/aromatic N) is 3. The van der Waals surface area contributed by atoms with Crippen LogP contribution in [-0.4, -0.2) is 55.8 Å². The van der Waals surface area contributed by atoms with Crippen LogP contribution in [0.25, 0.3) is 0 Å². The second kappa shape index (κ2) is 8.52. The molecular formula is C20H22N4O3S. The van der Waals surface area contributed by atoms with E-state index < -0.39 is 16.1 Å². The number of hydrogen-bond donors (Lipinski definition) is 1. The van der Waals surface area contributed by atoms with Gasteiger partial charge in [-0.1, -0.05) is 18.2 Å². The summed E-state index contributed by atoms with van der Waals surface area (Å²) in [5.41, 5.74) is 1.16. The van der Waals surface area contributed by atoms with Gasteiger partial charge >= 0.3 is 0 Å². The van der Waals surface area contributed by atoms with Crippen molar-refractivity contribution in [2.75, 3.05) is 31.5 Å². The molecule has 0 aromatic heterocycles. The van der Waals surface area contributed by atoms with Crippen LogP contribution in [0.15, 0.2) is 59.5 Å². The van der Waals surface area contributed by atoms with Gasteiger partial charge in [0.15, 0.2) is 0 Å². The first-order valence-corrected chi connectivity index (χ1v) is 10.5. The monoisotopic (exact) mass is 398 g/mol. The van der Waals surface area contributed by atoms with Crippen LogP contribution in [0.5, 0.6) is 0 Å². The molecule has 1 aliphatic rings. The van der Waals surface area contributed by atoms with E-state index in [1.54, 1.807) is 61.5 Å². The lowest BCUT2D eigenvalue weighted by Crippen LogP contribution is -2.53. The average molecular weight is 398 g/mol. The molecule has 1 saturated heterocycles. The fraction of sp³-hybridized carbons (Fsp3) is 0.300. The molecule has 0 radical (unpaired) electrons. The zero-order valence-corrected chi connectivity index (χ0v) is 16.4. The van der Waals surface area contributed by atoms with Crippen LogP contribution in [-0.2, 0) is 14.8 Å². The van der Waals surface area contributed by atoms with E-state index in [1.807, 2.05) is 11.0 Å². The van der Waals surface area contributed by atoms with Crippen LogP contribution in [0, 0.1) is 11.3 Å². The standard InChI is InChI=1S/C20H22N4O3S/c1-16(20(25)22-18-9-7-17(15-21)8-10-18)23-11-13-24(14-12-23)28(26,27)19-5-3-2-4-6-19/h2-10,16H,11-14H2,1H3,(H,22,25)/t16-/m0/s1. The molecule has 1 atom stereocenters. The van der Waals surface area contributed by atoms with Gasteiger partial charge in [0.1, 0.15) is 0 Å². The van der Waals surface area contributed by atoms with Crippen LogP contribution < -0.4 is 5.32 Å². The Bertz CT molecular complexity index is 961. The molecule has 1 amide bonds. The number of anilines is 1. The SMILES string of the molecule is C[C@@H](C(=O)Nc1ccc(C#N)cc1)N1CCN(S(=O)(=O)c2ccccc2)CC1. The summed E-state index contributed by atoms with van der Waals surface area (Å²) in [4.78, 5) is 14.8. The molecule has 3 rings (SSSR count). The predicted molar refractivity (Wildman–Crippen MR) is 106 cm³/mol. The maximum Gasteiger partial charge on any atom is 0.243 e. The van der Waals surface area contributed by atoms with Crippen LogP contribution >= 0.6 is 0 Å². The molecular weight excluding hydrogens is 376 g/mol. The summed E-state index contributed by atoms with van der Waals surface area (Å²) in [5.74, 6) is -0.163.